The number of rotatable bonds is 7. The third kappa shape index (κ3) is 5.65. The summed E-state index contributed by atoms with van der Waals surface area (Å²) in [5.74, 6) is 0.656. The number of nitrogens with one attached hydrogen (secondary N) is 1. The van der Waals surface area contributed by atoms with Crippen LogP contribution in [0.2, 0.25) is 5.02 Å². The minimum absolute atomic E-state index is 0.0491. The molecule has 1 saturated heterocycles. The molecule has 2 aliphatic rings. The van der Waals surface area contributed by atoms with E-state index < -0.39 is 0 Å². The Hall–Kier alpha value is -3.38. The number of carbonyl (C=O) groups excluding carboxylic acids is 2. The molecule has 2 aromatic rings. The summed E-state index contributed by atoms with van der Waals surface area (Å²) < 4.78 is 12.0. The molecule has 1 saturated carbocycles. The molecule has 4 rings (SSSR count). The van der Waals surface area contributed by atoms with E-state index >= 15 is 0 Å². The van der Waals surface area contributed by atoms with Crippen LogP contribution in [0.1, 0.15) is 44.2 Å². The second kappa shape index (κ2) is 10.1. The van der Waals surface area contributed by atoms with Crippen molar-refractivity contribution >= 4 is 35.5 Å². The minimum atomic E-state index is -0.354. The minimum Gasteiger partial charge on any atom is -0.473 e. The van der Waals surface area contributed by atoms with E-state index in [0.717, 1.165) is 19.1 Å². The number of piperidine rings is 1. The quantitative estimate of drug-likeness (QED) is 0.549. The Kier molecular flexibility index (Phi) is 7.13. The lowest BCUT2D eigenvalue weighted by atomic mass is 9.85. The first-order chi connectivity index (χ1) is 16.7. The van der Waals surface area contributed by atoms with Gasteiger partial charge < -0.3 is 24.5 Å². The van der Waals surface area contributed by atoms with E-state index in [1.54, 1.807) is 23.1 Å². The number of likely N-dealkylation sites (tertiary alicyclic amines) is 1. The summed E-state index contributed by atoms with van der Waals surface area (Å²) in [6.07, 6.45) is 3.61. The summed E-state index contributed by atoms with van der Waals surface area (Å²) in [6, 6.07) is 7.00. The van der Waals surface area contributed by atoms with Crippen molar-refractivity contribution in [2.45, 2.75) is 51.7 Å². The number of ether oxygens (including phenoxy) is 2. The lowest BCUT2D eigenvalue weighted by molar-refractivity contribution is -0.110. The average Bonchev–Trinajstić information content (AvgIpc) is 3.55. The lowest BCUT2D eigenvalue weighted by Gasteiger charge is -2.41. The zero-order valence-corrected chi connectivity index (χ0v) is 20.7. The van der Waals surface area contributed by atoms with Crippen molar-refractivity contribution in [1.82, 2.24) is 14.9 Å². The highest BCUT2D eigenvalue weighted by Gasteiger charge is 2.45. The highest BCUT2D eigenvalue weighted by Crippen LogP contribution is 2.40. The molecule has 0 spiro atoms. The van der Waals surface area contributed by atoms with Crippen LogP contribution in [0, 0.1) is 30.1 Å². The molecule has 3 unspecified atom stereocenters. The number of amides is 1. The van der Waals surface area contributed by atoms with Crippen LogP contribution in [0.25, 0.3) is 0 Å². The van der Waals surface area contributed by atoms with E-state index in [-0.39, 0.29) is 36.1 Å². The lowest BCUT2D eigenvalue weighted by Crippen LogP contribution is -2.53. The van der Waals surface area contributed by atoms with Gasteiger partial charge in [0, 0.05) is 31.3 Å². The Morgan fingerprint density at radius 1 is 1.37 bits per heavy atom. The number of aldehydes is 1. The third-order valence-electron chi connectivity index (χ3n) is 6.57. The first-order valence-corrected chi connectivity index (χ1v) is 12.0. The van der Waals surface area contributed by atoms with Crippen molar-refractivity contribution in [2.75, 3.05) is 18.4 Å². The molecule has 1 amide bonds. The van der Waals surface area contributed by atoms with Gasteiger partial charge in [-0.1, -0.05) is 18.5 Å². The maximum Gasteiger partial charge on any atom is 0.410 e. The highest BCUT2D eigenvalue weighted by molar-refractivity contribution is 6.33. The molecule has 1 aromatic carbocycles. The summed E-state index contributed by atoms with van der Waals surface area (Å²) in [5, 5.41) is 12.6. The van der Waals surface area contributed by atoms with Crippen LogP contribution in [0.3, 0.4) is 0 Å². The number of carbonyl (C=O) groups is 2. The van der Waals surface area contributed by atoms with Crippen LogP contribution >= 0.6 is 11.6 Å². The molecule has 0 bridgehead atoms. The first-order valence-electron chi connectivity index (χ1n) is 11.6. The fourth-order valence-corrected chi connectivity index (χ4v) is 4.47. The van der Waals surface area contributed by atoms with E-state index in [4.69, 9.17) is 26.3 Å². The predicted octanol–water partition coefficient (Wildman–Crippen LogP) is 4.65. The van der Waals surface area contributed by atoms with Crippen molar-refractivity contribution < 1.29 is 19.1 Å². The van der Waals surface area contributed by atoms with Crippen LogP contribution in [0.4, 0.5) is 16.3 Å². The van der Waals surface area contributed by atoms with Crippen LogP contribution in [0.5, 0.6) is 5.88 Å². The van der Waals surface area contributed by atoms with E-state index in [1.165, 1.54) is 6.33 Å². The Labute approximate surface area is 209 Å². The maximum atomic E-state index is 12.7. The number of hydrogen-bond donors (Lipinski definition) is 1. The number of halogens is 1. The van der Waals surface area contributed by atoms with Gasteiger partial charge in [-0.2, -0.15) is 5.26 Å². The van der Waals surface area contributed by atoms with Gasteiger partial charge in [0.1, 0.15) is 30.1 Å². The molecule has 3 atom stereocenters. The van der Waals surface area contributed by atoms with Crippen LogP contribution in [-0.4, -0.2) is 52.0 Å². The Balaban J connectivity index is 1.50. The van der Waals surface area contributed by atoms with Crippen molar-refractivity contribution in [3.8, 4) is 11.9 Å². The van der Waals surface area contributed by atoms with Crippen molar-refractivity contribution in [3.63, 3.8) is 0 Å². The zero-order valence-electron chi connectivity index (χ0n) is 20.0. The van der Waals surface area contributed by atoms with Gasteiger partial charge in [-0.3, -0.25) is 0 Å². The summed E-state index contributed by atoms with van der Waals surface area (Å²) in [7, 11) is 0. The Morgan fingerprint density at radius 2 is 2.14 bits per heavy atom. The normalized spacial score (nSPS) is 22.6. The molecule has 10 heteroatoms. The van der Waals surface area contributed by atoms with Gasteiger partial charge in [0.2, 0.25) is 5.88 Å². The first kappa shape index (κ1) is 24.7. The smallest absolute Gasteiger partial charge is 0.410 e. The number of hydrogen-bond acceptors (Lipinski definition) is 8. The third-order valence-corrected chi connectivity index (χ3v) is 6.88. The van der Waals surface area contributed by atoms with E-state index in [9.17, 15) is 9.59 Å². The topological polar surface area (TPSA) is 117 Å². The molecular weight excluding hydrogens is 470 g/mol. The van der Waals surface area contributed by atoms with Gasteiger partial charge in [0.05, 0.1) is 27.9 Å². The number of anilines is 2. The van der Waals surface area contributed by atoms with Gasteiger partial charge in [0.15, 0.2) is 0 Å². The summed E-state index contributed by atoms with van der Waals surface area (Å²) in [5.41, 5.74) is 1.38. The standard InChI is InChI=1S/C25H28ClN5O4/c1-15-12-31(24(33)35-25(3)7-8-25)13-18(6-9-32)21(15)34-23-16(2)22(28-14-29-23)30-20-5-4-17(11-27)10-19(20)26/h4-5,9-10,14-15,18,21H,6-8,12-13H2,1-3H3,(H,28,29,30). The second-order valence-corrected chi connectivity index (χ2v) is 9.94. The van der Waals surface area contributed by atoms with E-state index in [1.807, 2.05) is 20.8 Å². The number of nitrogens with zero attached hydrogens (tertiary/aromatic N) is 4. The summed E-state index contributed by atoms with van der Waals surface area (Å²) in [4.78, 5) is 34.4. The largest absolute Gasteiger partial charge is 0.473 e. The molecule has 2 heterocycles. The molecule has 1 aromatic heterocycles. The number of benzene rings is 1. The predicted molar refractivity (Wildman–Crippen MR) is 130 cm³/mol. The maximum absolute atomic E-state index is 12.7. The van der Waals surface area contributed by atoms with Gasteiger partial charge in [-0.25, -0.2) is 14.8 Å². The van der Waals surface area contributed by atoms with Crippen LogP contribution in [-0.2, 0) is 9.53 Å². The SMILES string of the molecule is Cc1c(Nc2ccc(C#N)cc2Cl)ncnc1OC1C(C)CN(C(=O)OC2(C)CC2)CC1CC=O. The number of aromatic nitrogens is 2. The van der Waals surface area contributed by atoms with Crippen LogP contribution < -0.4 is 10.1 Å². The van der Waals surface area contributed by atoms with Gasteiger partial charge in [0.25, 0.3) is 0 Å². The van der Waals surface area contributed by atoms with E-state index in [0.29, 0.717) is 46.6 Å². The van der Waals surface area contributed by atoms with Gasteiger partial charge >= 0.3 is 6.09 Å². The molecule has 1 N–H and O–H groups in total. The molecule has 0 radical (unpaired) electrons. The summed E-state index contributed by atoms with van der Waals surface area (Å²) in [6.45, 7) is 6.59. The summed E-state index contributed by atoms with van der Waals surface area (Å²) >= 11 is 6.30. The average molecular weight is 498 g/mol. The second-order valence-electron chi connectivity index (χ2n) is 9.53. The zero-order chi connectivity index (χ0) is 25.2. The monoisotopic (exact) mass is 497 g/mol. The van der Waals surface area contributed by atoms with Crippen molar-refractivity contribution in [2.24, 2.45) is 11.8 Å². The van der Waals surface area contributed by atoms with Gasteiger partial charge in [-0.05, 0) is 44.9 Å². The molecule has 184 valence electrons. The molecule has 9 nitrogen and oxygen atoms in total. The number of nitriles is 1. The fraction of sp³-hybridized carbons (Fsp3) is 0.480. The highest BCUT2D eigenvalue weighted by atomic mass is 35.5. The van der Waals surface area contributed by atoms with Crippen molar-refractivity contribution in [1.29, 1.82) is 5.26 Å². The molecule has 1 aliphatic carbocycles. The molecular formula is C25H28ClN5O4. The Morgan fingerprint density at radius 3 is 2.80 bits per heavy atom. The van der Waals surface area contributed by atoms with Crippen LogP contribution in [0.15, 0.2) is 24.5 Å². The fourth-order valence-electron chi connectivity index (χ4n) is 4.25. The van der Waals surface area contributed by atoms with Crippen molar-refractivity contribution in [3.05, 3.63) is 40.7 Å². The van der Waals surface area contributed by atoms with Gasteiger partial charge in [-0.15, -0.1) is 0 Å². The Bertz CT molecular complexity index is 1160. The molecule has 2 fully saturated rings. The molecule has 35 heavy (non-hydrogen) atoms. The van der Waals surface area contributed by atoms with E-state index in [2.05, 4.69) is 21.4 Å². The molecule has 1 aliphatic heterocycles.